The molecular weight excluding hydrogens is 408 g/mol. The Balaban J connectivity index is 1.96. The summed E-state index contributed by atoms with van der Waals surface area (Å²) in [6, 6.07) is 14.3. The standard InChI is InChI=1S/C21H25BrN2O3/c1-3-12-24(13-4-2)21(26)16-6-5-7-18(14-16)23-20(25)15-27-19-10-8-17(22)9-11-19/h5-11,14H,3-4,12-13,15H2,1-2H3,(H,23,25). The zero-order chi connectivity index (χ0) is 19.6. The maximum absolute atomic E-state index is 12.7. The van der Waals surface area contributed by atoms with Crippen molar-refractivity contribution in [3.8, 4) is 5.75 Å². The molecule has 0 bridgehead atoms. The molecule has 2 rings (SSSR count). The van der Waals surface area contributed by atoms with E-state index >= 15 is 0 Å². The van der Waals surface area contributed by atoms with Crippen molar-refractivity contribution in [1.82, 2.24) is 4.90 Å². The number of halogens is 1. The summed E-state index contributed by atoms with van der Waals surface area (Å²) < 4.78 is 6.41. The van der Waals surface area contributed by atoms with Crippen molar-refractivity contribution in [2.45, 2.75) is 26.7 Å². The molecule has 27 heavy (non-hydrogen) atoms. The molecule has 0 fully saturated rings. The van der Waals surface area contributed by atoms with Gasteiger partial charge in [-0.25, -0.2) is 0 Å². The van der Waals surface area contributed by atoms with E-state index in [0.29, 0.717) is 17.0 Å². The van der Waals surface area contributed by atoms with Gasteiger partial charge in [0.1, 0.15) is 5.75 Å². The molecule has 2 aromatic rings. The lowest BCUT2D eigenvalue weighted by molar-refractivity contribution is -0.118. The number of hydrogen-bond donors (Lipinski definition) is 1. The van der Waals surface area contributed by atoms with E-state index in [1.807, 2.05) is 17.0 Å². The Morgan fingerprint density at radius 2 is 1.70 bits per heavy atom. The fraction of sp³-hybridized carbons (Fsp3) is 0.333. The molecule has 5 nitrogen and oxygen atoms in total. The van der Waals surface area contributed by atoms with Crippen LogP contribution in [0.2, 0.25) is 0 Å². The fourth-order valence-corrected chi connectivity index (χ4v) is 2.91. The van der Waals surface area contributed by atoms with E-state index in [1.54, 1.807) is 36.4 Å². The molecule has 0 aliphatic carbocycles. The van der Waals surface area contributed by atoms with E-state index in [1.165, 1.54) is 0 Å². The van der Waals surface area contributed by atoms with Crippen molar-refractivity contribution in [3.05, 3.63) is 58.6 Å². The number of nitrogens with zero attached hydrogens (tertiary/aromatic N) is 1. The molecule has 0 unspecified atom stereocenters. The second-order valence-corrected chi connectivity index (χ2v) is 7.08. The number of carbonyl (C=O) groups is 2. The Kier molecular flexibility index (Phi) is 8.33. The molecule has 0 saturated heterocycles. The highest BCUT2D eigenvalue weighted by Crippen LogP contribution is 2.17. The molecule has 144 valence electrons. The van der Waals surface area contributed by atoms with E-state index in [2.05, 4.69) is 35.1 Å². The lowest BCUT2D eigenvalue weighted by Gasteiger charge is -2.21. The van der Waals surface area contributed by atoms with Crippen LogP contribution in [0.25, 0.3) is 0 Å². The fourth-order valence-electron chi connectivity index (χ4n) is 2.64. The summed E-state index contributed by atoms with van der Waals surface area (Å²) >= 11 is 3.35. The molecule has 0 aromatic heterocycles. The SMILES string of the molecule is CCCN(CCC)C(=O)c1cccc(NC(=O)COc2ccc(Br)cc2)c1. The van der Waals surface area contributed by atoms with Crippen LogP contribution in [0.1, 0.15) is 37.0 Å². The van der Waals surface area contributed by atoms with Gasteiger partial charge in [0.15, 0.2) is 6.61 Å². The first kappa shape index (κ1) is 21.0. The Hall–Kier alpha value is -2.34. The Labute approximate surface area is 168 Å². The smallest absolute Gasteiger partial charge is 0.262 e. The highest BCUT2D eigenvalue weighted by Gasteiger charge is 2.15. The van der Waals surface area contributed by atoms with E-state index in [4.69, 9.17) is 4.74 Å². The van der Waals surface area contributed by atoms with Gasteiger partial charge in [-0.05, 0) is 55.3 Å². The van der Waals surface area contributed by atoms with Crippen molar-refractivity contribution >= 4 is 33.4 Å². The van der Waals surface area contributed by atoms with E-state index in [0.717, 1.165) is 30.4 Å². The molecule has 0 aliphatic heterocycles. The first-order valence-electron chi connectivity index (χ1n) is 9.11. The first-order chi connectivity index (χ1) is 13.0. The van der Waals surface area contributed by atoms with Crippen molar-refractivity contribution in [3.63, 3.8) is 0 Å². The van der Waals surface area contributed by atoms with Crippen LogP contribution < -0.4 is 10.1 Å². The predicted molar refractivity (Wildman–Crippen MR) is 111 cm³/mol. The van der Waals surface area contributed by atoms with Gasteiger partial charge in [0.2, 0.25) is 0 Å². The molecule has 2 amide bonds. The Morgan fingerprint density at radius 3 is 2.33 bits per heavy atom. The first-order valence-corrected chi connectivity index (χ1v) is 9.90. The van der Waals surface area contributed by atoms with Gasteiger partial charge in [-0.2, -0.15) is 0 Å². The molecule has 0 aliphatic rings. The van der Waals surface area contributed by atoms with Gasteiger partial charge in [-0.3, -0.25) is 9.59 Å². The second kappa shape index (κ2) is 10.7. The number of benzene rings is 2. The Bertz CT molecular complexity index is 756. The third kappa shape index (κ3) is 6.71. The average molecular weight is 433 g/mol. The minimum atomic E-state index is -0.276. The van der Waals surface area contributed by atoms with Crippen molar-refractivity contribution in [1.29, 1.82) is 0 Å². The van der Waals surface area contributed by atoms with Gasteiger partial charge >= 0.3 is 0 Å². The van der Waals surface area contributed by atoms with Crippen LogP contribution in [0.5, 0.6) is 5.75 Å². The highest BCUT2D eigenvalue weighted by molar-refractivity contribution is 9.10. The summed E-state index contributed by atoms with van der Waals surface area (Å²) in [5, 5.41) is 2.78. The summed E-state index contributed by atoms with van der Waals surface area (Å²) in [7, 11) is 0. The van der Waals surface area contributed by atoms with Gasteiger partial charge in [0.05, 0.1) is 0 Å². The molecular formula is C21H25BrN2O3. The van der Waals surface area contributed by atoms with Crippen molar-refractivity contribution in [2.24, 2.45) is 0 Å². The summed E-state index contributed by atoms with van der Waals surface area (Å²) in [4.78, 5) is 26.7. The largest absolute Gasteiger partial charge is 0.484 e. The van der Waals surface area contributed by atoms with Gasteiger partial charge in [-0.1, -0.05) is 35.8 Å². The zero-order valence-electron chi connectivity index (χ0n) is 15.7. The molecule has 0 heterocycles. The third-order valence-electron chi connectivity index (χ3n) is 3.85. The van der Waals surface area contributed by atoms with Crippen LogP contribution in [0, 0.1) is 0 Å². The zero-order valence-corrected chi connectivity index (χ0v) is 17.3. The van der Waals surface area contributed by atoms with Crippen LogP contribution in [-0.4, -0.2) is 36.4 Å². The normalized spacial score (nSPS) is 10.3. The number of carbonyl (C=O) groups excluding carboxylic acids is 2. The van der Waals surface area contributed by atoms with Crippen LogP contribution in [0.4, 0.5) is 5.69 Å². The minimum Gasteiger partial charge on any atom is -0.484 e. The number of nitrogens with one attached hydrogen (secondary N) is 1. The van der Waals surface area contributed by atoms with Gasteiger partial charge in [0, 0.05) is 28.8 Å². The summed E-state index contributed by atoms with van der Waals surface area (Å²) in [5.74, 6) is 0.328. The van der Waals surface area contributed by atoms with Gasteiger partial charge in [0.25, 0.3) is 11.8 Å². The molecule has 0 atom stereocenters. The second-order valence-electron chi connectivity index (χ2n) is 6.16. The van der Waals surface area contributed by atoms with E-state index in [-0.39, 0.29) is 18.4 Å². The summed E-state index contributed by atoms with van der Waals surface area (Å²) in [6.45, 7) is 5.46. The number of rotatable bonds is 9. The van der Waals surface area contributed by atoms with Crippen molar-refractivity contribution < 1.29 is 14.3 Å². The Morgan fingerprint density at radius 1 is 1.04 bits per heavy atom. The molecule has 6 heteroatoms. The van der Waals surface area contributed by atoms with Crippen LogP contribution in [0.15, 0.2) is 53.0 Å². The minimum absolute atomic E-state index is 0.0130. The van der Waals surface area contributed by atoms with Crippen LogP contribution in [0.3, 0.4) is 0 Å². The maximum atomic E-state index is 12.7. The molecule has 1 N–H and O–H groups in total. The van der Waals surface area contributed by atoms with Gasteiger partial charge in [-0.15, -0.1) is 0 Å². The maximum Gasteiger partial charge on any atom is 0.262 e. The molecule has 0 saturated carbocycles. The van der Waals surface area contributed by atoms with Crippen LogP contribution >= 0.6 is 15.9 Å². The van der Waals surface area contributed by atoms with Crippen molar-refractivity contribution in [2.75, 3.05) is 25.0 Å². The summed E-state index contributed by atoms with van der Waals surface area (Å²) in [6.07, 6.45) is 1.82. The lowest BCUT2D eigenvalue weighted by atomic mass is 10.1. The number of amides is 2. The van der Waals surface area contributed by atoms with E-state index < -0.39 is 0 Å². The lowest BCUT2D eigenvalue weighted by Crippen LogP contribution is -2.32. The summed E-state index contributed by atoms with van der Waals surface area (Å²) in [5.41, 5.74) is 1.15. The number of anilines is 1. The monoisotopic (exact) mass is 432 g/mol. The highest BCUT2D eigenvalue weighted by atomic mass is 79.9. The quantitative estimate of drug-likeness (QED) is 0.622. The molecule has 2 aromatic carbocycles. The topological polar surface area (TPSA) is 58.6 Å². The average Bonchev–Trinajstić information content (AvgIpc) is 2.67. The van der Waals surface area contributed by atoms with E-state index in [9.17, 15) is 9.59 Å². The predicted octanol–water partition coefficient (Wildman–Crippen LogP) is 4.73. The van der Waals surface area contributed by atoms with Gasteiger partial charge < -0.3 is 15.0 Å². The van der Waals surface area contributed by atoms with Crippen LogP contribution in [-0.2, 0) is 4.79 Å². The number of hydrogen-bond acceptors (Lipinski definition) is 3. The molecule has 0 radical (unpaired) electrons. The number of ether oxygens (including phenoxy) is 1. The third-order valence-corrected chi connectivity index (χ3v) is 4.38. The molecule has 0 spiro atoms.